The Morgan fingerprint density at radius 2 is 2.19 bits per heavy atom. The number of nitrogens with one attached hydrogen (secondary N) is 2. The molecular weight excluding hydrogens is 287 g/mol. The zero-order valence-electron chi connectivity index (χ0n) is 11.2. The second-order valence-corrected chi connectivity index (χ2v) is 5.00. The summed E-state index contributed by atoms with van der Waals surface area (Å²) in [7, 11) is 0. The Morgan fingerprint density at radius 1 is 1.43 bits per heavy atom. The van der Waals surface area contributed by atoms with E-state index in [-0.39, 0.29) is 5.69 Å². The number of alkyl halides is 3. The van der Waals surface area contributed by atoms with Gasteiger partial charge in [0.2, 0.25) is 0 Å². The molecule has 1 fully saturated rings. The van der Waals surface area contributed by atoms with Gasteiger partial charge in [-0.05, 0) is 37.9 Å². The highest BCUT2D eigenvalue weighted by molar-refractivity contribution is 5.55. The summed E-state index contributed by atoms with van der Waals surface area (Å²) in [5.41, 5.74) is -1.91. The molecule has 0 radical (unpaired) electrons. The van der Waals surface area contributed by atoms with E-state index in [9.17, 15) is 23.3 Å². The quantitative estimate of drug-likeness (QED) is 0.647. The van der Waals surface area contributed by atoms with Crippen LogP contribution in [0.2, 0.25) is 0 Å². The molecule has 21 heavy (non-hydrogen) atoms. The molecule has 5 nitrogen and oxygen atoms in total. The van der Waals surface area contributed by atoms with Crippen LogP contribution in [0.15, 0.2) is 18.2 Å². The van der Waals surface area contributed by atoms with Crippen LogP contribution in [-0.4, -0.2) is 24.1 Å². The average Bonchev–Trinajstić information content (AvgIpc) is 2.90. The molecule has 2 rings (SSSR count). The first kappa shape index (κ1) is 15.6. The third kappa shape index (κ3) is 4.07. The second-order valence-electron chi connectivity index (χ2n) is 5.00. The molecule has 1 atom stereocenters. The summed E-state index contributed by atoms with van der Waals surface area (Å²) in [6.45, 7) is 1.49. The highest BCUT2D eigenvalue weighted by Crippen LogP contribution is 2.37. The number of anilines is 1. The fraction of sp³-hybridized carbons (Fsp3) is 0.538. The van der Waals surface area contributed by atoms with Gasteiger partial charge in [0.15, 0.2) is 0 Å². The lowest BCUT2D eigenvalue weighted by molar-refractivity contribution is -0.388. The largest absolute Gasteiger partial charge is 0.423 e. The van der Waals surface area contributed by atoms with E-state index >= 15 is 0 Å². The van der Waals surface area contributed by atoms with Crippen LogP contribution in [0, 0.1) is 10.1 Å². The maximum atomic E-state index is 12.8. The Labute approximate surface area is 119 Å². The zero-order valence-corrected chi connectivity index (χ0v) is 11.2. The van der Waals surface area contributed by atoms with Gasteiger partial charge in [-0.1, -0.05) is 0 Å². The van der Waals surface area contributed by atoms with Crippen molar-refractivity contribution in [1.29, 1.82) is 0 Å². The number of hydrogen-bond acceptors (Lipinski definition) is 4. The number of halogens is 3. The zero-order chi connectivity index (χ0) is 15.5. The molecule has 0 amide bonds. The average molecular weight is 303 g/mol. The minimum absolute atomic E-state index is 0.242. The van der Waals surface area contributed by atoms with Gasteiger partial charge in [-0.25, -0.2) is 0 Å². The van der Waals surface area contributed by atoms with Crippen LogP contribution in [0.25, 0.3) is 0 Å². The van der Waals surface area contributed by atoms with Crippen molar-refractivity contribution >= 4 is 11.4 Å². The monoisotopic (exact) mass is 303 g/mol. The first-order valence-electron chi connectivity index (χ1n) is 6.71. The molecule has 0 spiro atoms. The molecular formula is C13H16F3N3O2. The van der Waals surface area contributed by atoms with Crippen molar-refractivity contribution in [2.24, 2.45) is 0 Å². The third-order valence-corrected chi connectivity index (χ3v) is 3.48. The van der Waals surface area contributed by atoms with E-state index < -0.39 is 22.4 Å². The Balaban J connectivity index is 2.04. The minimum atomic E-state index is -4.74. The number of nitrogens with zero attached hydrogens (tertiary/aromatic N) is 1. The van der Waals surface area contributed by atoms with E-state index in [2.05, 4.69) is 10.6 Å². The lowest BCUT2D eigenvalue weighted by Gasteiger charge is -2.13. The van der Waals surface area contributed by atoms with Gasteiger partial charge in [0.05, 0.1) is 4.92 Å². The van der Waals surface area contributed by atoms with Gasteiger partial charge in [-0.15, -0.1) is 0 Å². The molecule has 1 heterocycles. The molecule has 2 N–H and O–H groups in total. The molecule has 0 saturated carbocycles. The van der Waals surface area contributed by atoms with Crippen LogP contribution >= 0.6 is 0 Å². The number of benzene rings is 1. The van der Waals surface area contributed by atoms with Gasteiger partial charge in [0.1, 0.15) is 5.56 Å². The van der Waals surface area contributed by atoms with Crippen molar-refractivity contribution in [2.75, 3.05) is 18.4 Å². The summed E-state index contributed by atoms with van der Waals surface area (Å²) in [6.07, 6.45) is -1.76. The highest BCUT2D eigenvalue weighted by atomic mass is 19.4. The number of hydrogen-bond donors (Lipinski definition) is 2. The van der Waals surface area contributed by atoms with E-state index in [1.54, 1.807) is 0 Å². The van der Waals surface area contributed by atoms with E-state index in [0.29, 0.717) is 12.6 Å². The van der Waals surface area contributed by atoms with Crippen molar-refractivity contribution in [1.82, 2.24) is 5.32 Å². The maximum Gasteiger partial charge on any atom is 0.423 e. The first-order valence-corrected chi connectivity index (χ1v) is 6.71. The predicted octanol–water partition coefficient (Wildman–Crippen LogP) is 3.17. The van der Waals surface area contributed by atoms with Crippen LogP contribution < -0.4 is 10.6 Å². The van der Waals surface area contributed by atoms with E-state index in [0.717, 1.165) is 37.9 Å². The molecule has 1 aliphatic rings. The second kappa shape index (κ2) is 6.30. The van der Waals surface area contributed by atoms with Crippen molar-refractivity contribution in [3.05, 3.63) is 33.9 Å². The molecule has 1 saturated heterocycles. The van der Waals surface area contributed by atoms with Crippen molar-refractivity contribution in [2.45, 2.75) is 31.5 Å². The smallest absolute Gasteiger partial charge is 0.385 e. The molecule has 1 aliphatic heterocycles. The summed E-state index contributed by atoms with van der Waals surface area (Å²) < 4.78 is 38.4. The molecule has 0 aliphatic carbocycles. The molecule has 0 bridgehead atoms. The van der Waals surface area contributed by atoms with Gasteiger partial charge in [0, 0.05) is 24.3 Å². The molecule has 1 aromatic carbocycles. The predicted molar refractivity (Wildman–Crippen MR) is 72.2 cm³/mol. The van der Waals surface area contributed by atoms with E-state index in [1.807, 2.05) is 0 Å². The lowest BCUT2D eigenvalue weighted by atomic mass is 10.1. The Morgan fingerprint density at radius 3 is 2.76 bits per heavy atom. The van der Waals surface area contributed by atoms with Crippen LogP contribution in [-0.2, 0) is 6.18 Å². The minimum Gasteiger partial charge on any atom is -0.385 e. The molecule has 1 unspecified atom stereocenters. The van der Waals surface area contributed by atoms with Gasteiger partial charge < -0.3 is 10.6 Å². The van der Waals surface area contributed by atoms with Crippen molar-refractivity contribution in [3.8, 4) is 0 Å². The molecule has 116 valence electrons. The van der Waals surface area contributed by atoms with Crippen molar-refractivity contribution < 1.29 is 18.1 Å². The van der Waals surface area contributed by atoms with Crippen LogP contribution in [0.4, 0.5) is 24.5 Å². The summed E-state index contributed by atoms with van der Waals surface area (Å²) in [4.78, 5) is 9.63. The van der Waals surface area contributed by atoms with Gasteiger partial charge in [-0.2, -0.15) is 13.2 Å². The van der Waals surface area contributed by atoms with Crippen molar-refractivity contribution in [3.63, 3.8) is 0 Å². The summed E-state index contributed by atoms with van der Waals surface area (Å²) >= 11 is 0. The number of nitro benzene ring substituents is 1. The Bertz CT molecular complexity index is 514. The fourth-order valence-corrected chi connectivity index (χ4v) is 2.43. The normalized spacial score (nSPS) is 18.7. The fourth-order valence-electron chi connectivity index (χ4n) is 2.43. The van der Waals surface area contributed by atoms with E-state index in [4.69, 9.17) is 0 Å². The third-order valence-electron chi connectivity index (χ3n) is 3.48. The summed E-state index contributed by atoms with van der Waals surface area (Å²) in [5.74, 6) is 0. The Kier molecular flexibility index (Phi) is 4.66. The first-order chi connectivity index (χ1) is 9.88. The lowest BCUT2D eigenvalue weighted by Crippen LogP contribution is -2.24. The van der Waals surface area contributed by atoms with Gasteiger partial charge in [-0.3, -0.25) is 10.1 Å². The van der Waals surface area contributed by atoms with Crippen LogP contribution in [0.3, 0.4) is 0 Å². The number of nitro groups is 1. The maximum absolute atomic E-state index is 12.8. The standard InChI is InChI=1S/C13H16F3N3O2/c14-13(15,16)11-8-10(3-4-12(11)19(20)21)18-7-5-9-2-1-6-17-9/h3-4,8-9,17-18H,1-2,5-7H2. The molecule has 8 heteroatoms. The van der Waals surface area contributed by atoms with Crippen LogP contribution in [0.1, 0.15) is 24.8 Å². The molecule has 0 aromatic heterocycles. The van der Waals surface area contributed by atoms with Gasteiger partial charge >= 0.3 is 6.18 Å². The summed E-state index contributed by atoms with van der Waals surface area (Å²) in [5, 5.41) is 16.8. The Hall–Kier alpha value is -1.83. The topological polar surface area (TPSA) is 67.2 Å². The van der Waals surface area contributed by atoms with Crippen LogP contribution in [0.5, 0.6) is 0 Å². The van der Waals surface area contributed by atoms with E-state index in [1.165, 1.54) is 6.07 Å². The van der Waals surface area contributed by atoms with Gasteiger partial charge in [0.25, 0.3) is 5.69 Å². The highest BCUT2D eigenvalue weighted by Gasteiger charge is 2.38. The summed E-state index contributed by atoms with van der Waals surface area (Å²) in [6, 6.07) is 3.37. The number of rotatable bonds is 5. The SMILES string of the molecule is O=[N+]([O-])c1ccc(NCCC2CCCN2)cc1C(F)(F)F. The molecule has 1 aromatic rings.